The van der Waals surface area contributed by atoms with E-state index in [9.17, 15) is 4.79 Å². The molecular weight excluding hydrogens is 240 g/mol. The first kappa shape index (κ1) is 14.3. The van der Waals surface area contributed by atoms with Gasteiger partial charge in [0.15, 0.2) is 0 Å². The fourth-order valence-electron chi connectivity index (χ4n) is 3.75. The average molecular weight is 264 g/mol. The average Bonchev–Trinajstić information content (AvgIpc) is 2.34. The third-order valence-electron chi connectivity index (χ3n) is 5.07. The van der Waals surface area contributed by atoms with E-state index < -0.39 is 0 Å². The molecule has 0 unspecified atom stereocenters. The Labute approximate surface area is 115 Å². The summed E-state index contributed by atoms with van der Waals surface area (Å²) in [5, 5.41) is 0. The lowest BCUT2D eigenvalue weighted by molar-refractivity contribution is -0.171. The van der Waals surface area contributed by atoms with Crippen molar-refractivity contribution < 1.29 is 14.3 Å². The van der Waals surface area contributed by atoms with Gasteiger partial charge in [-0.1, -0.05) is 31.6 Å². The summed E-state index contributed by atoms with van der Waals surface area (Å²) in [5.41, 5.74) is 1.26. The maximum atomic E-state index is 11.1. The van der Waals surface area contributed by atoms with Crippen LogP contribution in [0.5, 0.6) is 0 Å². The third-order valence-corrected chi connectivity index (χ3v) is 5.07. The van der Waals surface area contributed by atoms with Crippen molar-refractivity contribution in [3.8, 4) is 0 Å². The van der Waals surface area contributed by atoms with Gasteiger partial charge in [0, 0.05) is 18.3 Å². The zero-order chi connectivity index (χ0) is 14.2. The maximum Gasteiger partial charge on any atom is 0.302 e. The number of rotatable bonds is 3. The minimum Gasteiger partial charge on any atom is -0.465 e. The monoisotopic (exact) mass is 264 g/mol. The van der Waals surface area contributed by atoms with E-state index in [1.54, 1.807) is 0 Å². The van der Waals surface area contributed by atoms with Crippen LogP contribution in [-0.2, 0) is 14.3 Å². The SMILES string of the molecule is C=C[C@@H]1OC[C@]2(COC(C)=O)[C@H](C)C=C(C)[C@H]1[C@@H]2C. The third kappa shape index (κ3) is 2.25. The van der Waals surface area contributed by atoms with Crippen LogP contribution in [0, 0.1) is 23.2 Å². The predicted molar refractivity (Wildman–Crippen MR) is 74.6 cm³/mol. The molecule has 0 aromatic rings. The highest BCUT2D eigenvalue weighted by Crippen LogP contribution is 2.52. The molecule has 2 bridgehead atoms. The minimum absolute atomic E-state index is 0.0733. The fourth-order valence-corrected chi connectivity index (χ4v) is 3.75. The van der Waals surface area contributed by atoms with Crippen molar-refractivity contribution in [1.82, 2.24) is 0 Å². The number of allylic oxidation sites excluding steroid dienone is 1. The van der Waals surface area contributed by atoms with Gasteiger partial charge in [-0.3, -0.25) is 4.79 Å². The van der Waals surface area contributed by atoms with Gasteiger partial charge < -0.3 is 9.47 Å². The Morgan fingerprint density at radius 1 is 1.63 bits per heavy atom. The molecule has 0 aromatic carbocycles. The summed E-state index contributed by atoms with van der Waals surface area (Å²) < 4.78 is 11.3. The lowest BCUT2D eigenvalue weighted by Gasteiger charge is -2.54. The molecule has 19 heavy (non-hydrogen) atoms. The quantitative estimate of drug-likeness (QED) is 0.580. The van der Waals surface area contributed by atoms with E-state index in [1.165, 1.54) is 12.5 Å². The van der Waals surface area contributed by atoms with E-state index in [4.69, 9.17) is 9.47 Å². The highest BCUT2D eigenvalue weighted by molar-refractivity contribution is 5.65. The molecule has 0 spiro atoms. The van der Waals surface area contributed by atoms with Crippen molar-refractivity contribution in [2.45, 2.75) is 33.8 Å². The van der Waals surface area contributed by atoms with Crippen LogP contribution in [0.4, 0.5) is 0 Å². The molecule has 0 radical (unpaired) electrons. The van der Waals surface area contributed by atoms with Gasteiger partial charge >= 0.3 is 5.97 Å². The molecule has 2 rings (SSSR count). The first-order chi connectivity index (χ1) is 8.92. The summed E-state index contributed by atoms with van der Waals surface area (Å²) in [7, 11) is 0. The van der Waals surface area contributed by atoms with Crippen molar-refractivity contribution in [3.05, 3.63) is 24.3 Å². The number of esters is 1. The van der Waals surface area contributed by atoms with Crippen LogP contribution >= 0.6 is 0 Å². The lowest BCUT2D eigenvalue weighted by Crippen LogP contribution is -2.56. The topological polar surface area (TPSA) is 35.5 Å². The molecule has 3 heteroatoms. The zero-order valence-corrected chi connectivity index (χ0v) is 12.3. The maximum absolute atomic E-state index is 11.1. The Morgan fingerprint density at radius 3 is 2.89 bits per heavy atom. The molecule has 5 atom stereocenters. The molecule has 0 amide bonds. The summed E-state index contributed by atoms with van der Waals surface area (Å²) >= 11 is 0. The highest BCUT2D eigenvalue weighted by atomic mass is 16.5. The summed E-state index contributed by atoms with van der Waals surface area (Å²) in [4.78, 5) is 11.1. The molecule has 0 saturated carbocycles. The summed E-state index contributed by atoms with van der Waals surface area (Å²) in [5.74, 6) is 0.896. The van der Waals surface area contributed by atoms with Crippen molar-refractivity contribution in [3.63, 3.8) is 0 Å². The van der Waals surface area contributed by atoms with Gasteiger partial charge in [-0.05, 0) is 18.8 Å². The molecule has 0 N–H and O–H groups in total. The molecule has 1 aliphatic heterocycles. The van der Waals surface area contributed by atoms with Crippen molar-refractivity contribution in [2.75, 3.05) is 13.2 Å². The number of fused-ring (bicyclic) bond motifs is 2. The Hall–Kier alpha value is -1.09. The van der Waals surface area contributed by atoms with Crippen LogP contribution in [-0.4, -0.2) is 25.3 Å². The largest absolute Gasteiger partial charge is 0.465 e. The van der Waals surface area contributed by atoms with E-state index in [0.29, 0.717) is 31.0 Å². The fraction of sp³-hybridized carbons (Fsp3) is 0.688. The highest BCUT2D eigenvalue weighted by Gasteiger charge is 2.53. The number of hydrogen-bond acceptors (Lipinski definition) is 3. The predicted octanol–water partition coefficient (Wildman–Crippen LogP) is 2.97. The molecule has 1 fully saturated rings. The minimum atomic E-state index is -0.220. The van der Waals surface area contributed by atoms with Crippen LogP contribution < -0.4 is 0 Å². The zero-order valence-electron chi connectivity index (χ0n) is 12.3. The van der Waals surface area contributed by atoms with Gasteiger partial charge in [-0.2, -0.15) is 0 Å². The van der Waals surface area contributed by atoms with Gasteiger partial charge in [0.05, 0.1) is 19.3 Å². The van der Waals surface area contributed by atoms with Crippen molar-refractivity contribution in [2.24, 2.45) is 23.2 Å². The summed E-state index contributed by atoms with van der Waals surface area (Å²) in [6.45, 7) is 13.0. The smallest absolute Gasteiger partial charge is 0.302 e. The van der Waals surface area contributed by atoms with Gasteiger partial charge in [-0.25, -0.2) is 0 Å². The van der Waals surface area contributed by atoms with E-state index in [2.05, 4.69) is 33.4 Å². The second-order valence-electron chi connectivity index (χ2n) is 6.04. The second kappa shape index (κ2) is 5.12. The molecule has 1 saturated heterocycles. The van der Waals surface area contributed by atoms with Gasteiger partial charge in [-0.15, -0.1) is 6.58 Å². The van der Waals surface area contributed by atoms with Crippen molar-refractivity contribution in [1.29, 1.82) is 0 Å². The summed E-state index contributed by atoms with van der Waals surface area (Å²) in [6.07, 6.45) is 4.28. The lowest BCUT2D eigenvalue weighted by atomic mass is 9.56. The summed E-state index contributed by atoms with van der Waals surface area (Å²) in [6, 6.07) is 0. The standard InChI is InChI=1S/C16H24O3/c1-6-14-15-10(2)7-11(3)16(9-19-14,12(15)4)8-18-13(5)17/h6-7,11-12,14-15H,1,8-9H2,2-5H3/t11-,12+,14+,15+,16-/m1/s1. The van der Waals surface area contributed by atoms with Crippen LogP contribution in [0.25, 0.3) is 0 Å². The number of hydrogen-bond donors (Lipinski definition) is 0. The molecule has 2 aliphatic rings. The van der Waals surface area contributed by atoms with Crippen molar-refractivity contribution >= 4 is 5.97 Å². The Balaban J connectivity index is 2.33. The number of ether oxygens (including phenoxy) is 2. The van der Waals surface area contributed by atoms with E-state index in [1.807, 2.05) is 6.08 Å². The Bertz CT molecular complexity index is 412. The number of carbonyl (C=O) groups excluding carboxylic acids is 1. The molecule has 0 aromatic heterocycles. The second-order valence-corrected chi connectivity index (χ2v) is 6.04. The van der Waals surface area contributed by atoms with Gasteiger partial charge in [0.2, 0.25) is 0 Å². The molecular formula is C16H24O3. The van der Waals surface area contributed by atoms with E-state index >= 15 is 0 Å². The molecule has 1 aliphatic carbocycles. The van der Waals surface area contributed by atoms with Gasteiger partial charge in [0.25, 0.3) is 0 Å². The first-order valence-corrected chi connectivity index (χ1v) is 6.98. The van der Waals surface area contributed by atoms with E-state index in [-0.39, 0.29) is 17.5 Å². The van der Waals surface area contributed by atoms with Crippen LogP contribution in [0.1, 0.15) is 27.7 Å². The first-order valence-electron chi connectivity index (χ1n) is 6.98. The molecule has 106 valence electrons. The van der Waals surface area contributed by atoms with Crippen LogP contribution in [0.3, 0.4) is 0 Å². The van der Waals surface area contributed by atoms with Gasteiger partial charge in [0.1, 0.15) is 0 Å². The molecule has 3 nitrogen and oxygen atoms in total. The van der Waals surface area contributed by atoms with Crippen LogP contribution in [0.15, 0.2) is 24.3 Å². The van der Waals surface area contributed by atoms with E-state index in [0.717, 1.165) is 0 Å². The molecule has 1 heterocycles. The number of carbonyl (C=O) groups is 1. The Morgan fingerprint density at radius 2 is 2.32 bits per heavy atom. The normalized spacial score (nSPS) is 41.4. The Kier molecular flexibility index (Phi) is 3.86. The van der Waals surface area contributed by atoms with Crippen LogP contribution in [0.2, 0.25) is 0 Å².